The van der Waals surface area contributed by atoms with Gasteiger partial charge < -0.3 is 19.2 Å². The van der Waals surface area contributed by atoms with Gasteiger partial charge in [0.25, 0.3) is 5.91 Å². The van der Waals surface area contributed by atoms with Crippen LogP contribution in [0.2, 0.25) is 0 Å². The van der Waals surface area contributed by atoms with Crippen LogP contribution in [0.4, 0.5) is 0 Å². The first-order chi connectivity index (χ1) is 11.3. The molecule has 1 N–H and O–H groups in total. The van der Waals surface area contributed by atoms with Crippen molar-refractivity contribution in [2.24, 2.45) is 0 Å². The predicted octanol–water partition coefficient (Wildman–Crippen LogP) is 2.29. The summed E-state index contributed by atoms with van der Waals surface area (Å²) in [6, 6.07) is 0. The van der Waals surface area contributed by atoms with Crippen molar-refractivity contribution in [1.29, 1.82) is 0 Å². The van der Waals surface area contributed by atoms with Gasteiger partial charge in [0.2, 0.25) is 0 Å². The van der Waals surface area contributed by atoms with Gasteiger partial charge in [-0.25, -0.2) is 4.98 Å². The second-order valence-electron chi connectivity index (χ2n) is 6.12. The normalized spacial score (nSPS) is 18.7. The SMILES string of the molecule is O=C(c1c2n(c3c(=S)nc[nH]c13)CCCCC2)N1CCOCC1. The Hall–Kier alpha value is -1.73. The topological polar surface area (TPSA) is 63.2 Å². The fourth-order valence-corrected chi connectivity index (χ4v) is 3.91. The second-order valence-corrected chi connectivity index (χ2v) is 6.51. The van der Waals surface area contributed by atoms with Gasteiger partial charge in [-0.2, -0.15) is 0 Å². The number of fused-ring (bicyclic) bond motifs is 3. The number of nitrogens with one attached hydrogen (secondary N) is 1. The van der Waals surface area contributed by atoms with Gasteiger partial charge in [-0.3, -0.25) is 4.79 Å². The average molecular weight is 332 g/mol. The van der Waals surface area contributed by atoms with Crippen molar-refractivity contribution < 1.29 is 9.53 Å². The number of ether oxygens (including phenoxy) is 1. The van der Waals surface area contributed by atoms with E-state index in [-0.39, 0.29) is 5.91 Å². The predicted molar refractivity (Wildman–Crippen MR) is 89.2 cm³/mol. The highest BCUT2D eigenvalue weighted by Crippen LogP contribution is 2.30. The third-order valence-corrected chi connectivity index (χ3v) is 5.07. The zero-order valence-corrected chi connectivity index (χ0v) is 13.8. The minimum Gasteiger partial charge on any atom is -0.378 e. The summed E-state index contributed by atoms with van der Waals surface area (Å²) < 4.78 is 8.17. The maximum atomic E-state index is 13.2. The van der Waals surface area contributed by atoms with Crippen LogP contribution in [-0.2, 0) is 17.7 Å². The number of nitrogens with zero attached hydrogens (tertiary/aromatic N) is 3. The summed E-state index contributed by atoms with van der Waals surface area (Å²) >= 11 is 5.44. The first-order valence-electron chi connectivity index (χ1n) is 8.23. The summed E-state index contributed by atoms with van der Waals surface area (Å²) in [7, 11) is 0. The molecule has 23 heavy (non-hydrogen) atoms. The summed E-state index contributed by atoms with van der Waals surface area (Å²) in [6.07, 6.45) is 5.93. The number of rotatable bonds is 1. The van der Waals surface area contributed by atoms with E-state index >= 15 is 0 Å². The number of hydrogen-bond donors (Lipinski definition) is 1. The van der Waals surface area contributed by atoms with Crippen molar-refractivity contribution in [1.82, 2.24) is 19.4 Å². The molecule has 4 heterocycles. The van der Waals surface area contributed by atoms with E-state index in [4.69, 9.17) is 17.0 Å². The number of aryl methyl sites for hydroxylation is 1. The van der Waals surface area contributed by atoms with E-state index in [1.165, 1.54) is 6.42 Å². The summed E-state index contributed by atoms with van der Waals surface area (Å²) in [4.78, 5) is 22.4. The Morgan fingerprint density at radius 1 is 1.22 bits per heavy atom. The van der Waals surface area contributed by atoms with Crippen LogP contribution in [0.15, 0.2) is 6.33 Å². The van der Waals surface area contributed by atoms with Crippen molar-refractivity contribution in [2.75, 3.05) is 26.3 Å². The fraction of sp³-hybridized carbons (Fsp3) is 0.562. The van der Waals surface area contributed by atoms with E-state index in [0.717, 1.165) is 48.1 Å². The van der Waals surface area contributed by atoms with Gasteiger partial charge in [-0.1, -0.05) is 18.6 Å². The summed E-state index contributed by atoms with van der Waals surface area (Å²) in [6.45, 7) is 3.42. The molecule has 2 aromatic heterocycles. The Morgan fingerprint density at radius 2 is 2.04 bits per heavy atom. The highest BCUT2D eigenvalue weighted by Gasteiger charge is 2.28. The number of aromatic nitrogens is 3. The van der Waals surface area contributed by atoms with Crippen molar-refractivity contribution in [2.45, 2.75) is 32.2 Å². The first-order valence-corrected chi connectivity index (χ1v) is 8.64. The van der Waals surface area contributed by atoms with E-state index in [0.29, 0.717) is 30.9 Å². The Kier molecular flexibility index (Phi) is 3.90. The number of aromatic amines is 1. The molecule has 4 rings (SSSR count). The Balaban J connectivity index is 1.91. The number of H-pyrrole nitrogens is 1. The molecular formula is C16H20N4O2S. The van der Waals surface area contributed by atoms with Crippen molar-refractivity contribution in [3.05, 3.63) is 22.2 Å². The number of amides is 1. The molecular weight excluding hydrogens is 312 g/mol. The molecule has 2 aliphatic rings. The zero-order chi connectivity index (χ0) is 15.8. The Bertz CT molecular complexity index is 804. The van der Waals surface area contributed by atoms with Crippen LogP contribution in [0.5, 0.6) is 0 Å². The van der Waals surface area contributed by atoms with Gasteiger partial charge in [0.1, 0.15) is 5.52 Å². The van der Waals surface area contributed by atoms with Gasteiger partial charge in [0.05, 0.1) is 30.6 Å². The summed E-state index contributed by atoms with van der Waals surface area (Å²) in [5.74, 6) is 0.0887. The lowest BCUT2D eigenvalue weighted by Gasteiger charge is -2.27. The molecule has 0 aliphatic carbocycles. The van der Waals surface area contributed by atoms with Gasteiger partial charge in [-0.05, 0) is 19.3 Å². The van der Waals surface area contributed by atoms with Crippen LogP contribution in [0.1, 0.15) is 35.3 Å². The van der Waals surface area contributed by atoms with Gasteiger partial charge in [-0.15, -0.1) is 0 Å². The molecule has 0 atom stereocenters. The van der Waals surface area contributed by atoms with Gasteiger partial charge >= 0.3 is 0 Å². The van der Waals surface area contributed by atoms with Crippen LogP contribution in [-0.4, -0.2) is 51.6 Å². The molecule has 1 fully saturated rings. The summed E-state index contributed by atoms with van der Waals surface area (Å²) in [5, 5.41) is 0. The molecule has 0 bridgehead atoms. The molecule has 122 valence electrons. The van der Waals surface area contributed by atoms with Crippen molar-refractivity contribution in [3.8, 4) is 0 Å². The molecule has 7 heteroatoms. The molecule has 0 radical (unpaired) electrons. The van der Waals surface area contributed by atoms with Gasteiger partial charge in [0, 0.05) is 25.3 Å². The maximum Gasteiger partial charge on any atom is 0.257 e. The molecule has 0 aromatic carbocycles. The lowest BCUT2D eigenvalue weighted by atomic mass is 10.1. The lowest BCUT2D eigenvalue weighted by molar-refractivity contribution is 0.0303. The van der Waals surface area contributed by atoms with Gasteiger partial charge in [0.15, 0.2) is 4.64 Å². The molecule has 0 spiro atoms. The van der Waals surface area contributed by atoms with Crippen LogP contribution in [0, 0.1) is 4.64 Å². The quantitative estimate of drug-likeness (QED) is 0.814. The van der Waals surface area contributed by atoms with Crippen LogP contribution >= 0.6 is 12.2 Å². The van der Waals surface area contributed by atoms with Crippen LogP contribution < -0.4 is 0 Å². The molecule has 6 nitrogen and oxygen atoms in total. The zero-order valence-electron chi connectivity index (χ0n) is 13.0. The van der Waals surface area contributed by atoms with Crippen molar-refractivity contribution in [3.63, 3.8) is 0 Å². The highest BCUT2D eigenvalue weighted by molar-refractivity contribution is 7.71. The monoisotopic (exact) mass is 332 g/mol. The van der Waals surface area contributed by atoms with E-state index in [9.17, 15) is 4.79 Å². The third kappa shape index (κ3) is 2.48. The van der Waals surface area contributed by atoms with E-state index in [2.05, 4.69) is 14.5 Å². The molecule has 0 saturated carbocycles. The minimum absolute atomic E-state index is 0.0887. The Morgan fingerprint density at radius 3 is 2.87 bits per heavy atom. The molecule has 1 saturated heterocycles. The van der Waals surface area contributed by atoms with Crippen molar-refractivity contribution >= 4 is 29.2 Å². The lowest BCUT2D eigenvalue weighted by Crippen LogP contribution is -2.41. The average Bonchev–Trinajstić information content (AvgIpc) is 2.73. The van der Waals surface area contributed by atoms with Crippen LogP contribution in [0.25, 0.3) is 11.0 Å². The smallest absolute Gasteiger partial charge is 0.257 e. The Labute approximate surface area is 139 Å². The largest absolute Gasteiger partial charge is 0.378 e. The number of morpholine rings is 1. The molecule has 1 amide bonds. The van der Waals surface area contributed by atoms with Crippen LogP contribution in [0.3, 0.4) is 0 Å². The van der Waals surface area contributed by atoms with E-state index in [1.54, 1.807) is 6.33 Å². The number of hydrogen-bond acceptors (Lipinski definition) is 4. The van der Waals surface area contributed by atoms with E-state index < -0.39 is 0 Å². The summed E-state index contributed by atoms with van der Waals surface area (Å²) in [5.41, 5.74) is 3.66. The molecule has 2 aromatic rings. The first kappa shape index (κ1) is 14.8. The molecule has 0 unspecified atom stereocenters. The third-order valence-electron chi connectivity index (χ3n) is 4.77. The maximum absolute atomic E-state index is 13.2. The van der Waals surface area contributed by atoms with E-state index in [1.807, 2.05) is 4.90 Å². The standard InChI is InChI=1S/C16H20N4O2S/c21-16(19-6-8-22-9-7-19)12-11-4-2-1-3-5-20(11)14-13(12)17-10-18-15(14)23/h10H,1-9H2,(H,17,18,23). The second kappa shape index (κ2) is 6.05. The fourth-order valence-electron chi connectivity index (χ4n) is 3.65. The minimum atomic E-state index is 0.0887. The number of carbonyl (C=O) groups is 1. The number of carbonyl (C=O) groups excluding carboxylic acids is 1. The molecule has 2 aliphatic heterocycles. The highest BCUT2D eigenvalue weighted by atomic mass is 32.1.